The van der Waals surface area contributed by atoms with Gasteiger partial charge in [-0.15, -0.1) is 11.3 Å². The van der Waals surface area contributed by atoms with Gasteiger partial charge in [-0.05, 0) is 35.4 Å². The molecule has 0 saturated carbocycles. The Morgan fingerprint density at radius 1 is 0.760 bits per heavy atom. The first-order valence-corrected chi connectivity index (χ1v) is 8.96. The fraction of sp³-hybridized carbons (Fsp3) is 0.0476. The molecule has 0 amide bonds. The highest BCUT2D eigenvalue weighted by atomic mass is 32.1. The van der Waals surface area contributed by atoms with Gasteiger partial charge in [0, 0.05) is 0 Å². The topological polar surface area (TPSA) is 38.9 Å². The molecule has 0 atom stereocenters. The minimum absolute atomic E-state index is 0.620. The predicted octanol–water partition coefficient (Wildman–Crippen LogP) is 5.70. The quantitative estimate of drug-likeness (QED) is 0.422. The molecular formula is C21H14N2OS. The number of oxazole rings is 1. The highest BCUT2D eigenvalue weighted by Crippen LogP contribution is 2.29. The van der Waals surface area contributed by atoms with Gasteiger partial charge in [-0.1, -0.05) is 48.5 Å². The summed E-state index contributed by atoms with van der Waals surface area (Å²) in [7, 11) is 0. The lowest BCUT2D eigenvalue weighted by molar-refractivity contribution is 0.544. The maximum atomic E-state index is 5.82. The number of aromatic nitrogens is 2. The van der Waals surface area contributed by atoms with Gasteiger partial charge in [0.2, 0.25) is 5.89 Å². The van der Waals surface area contributed by atoms with E-state index in [-0.39, 0.29) is 0 Å². The molecule has 4 heteroatoms. The van der Waals surface area contributed by atoms with Crippen molar-refractivity contribution in [3.63, 3.8) is 0 Å². The SMILES string of the molecule is c1ccc(-c2ccc3nc(Cc4nc5ccccc5o4)sc3c2)cc1. The van der Waals surface area contributed by atoms with Crippen LogP contribution in [-0.4, -0.2) is 9.97 Å². The third-order valence-electron chi connectivity index (χ3n) is 4.18. The summed E-state index contributed by atoms with van der Waals surface area (Å²) in [5.74, 6) is 0.712. The molecule has 2 heterocycles. The van der Waals surface area contributed by atoms with Gasteiger partial charge in [0.05, 0.1) is 16.6 Å². The number of hydrogen-bond donors (Lipinski definition) is 0. The van der Waals surface area contributed by atoms with Crippen molar-refractivity contribution in [2.45, 2.75) is 6.42 Å². The fourth-order valence-electron chi connectivity index (χ4n) is 2.98. The van der Waals surface area contributed by atoms with Crippen molar-refractivity contribution in [1.82, 2.24) is 9.97 Å². The Morgan fingerprint density at radius 2 is 1.60 bits per heavy atom. The first kappa shape index (κ1) is 14.4. The summed E-state index contributed by atoms with van der Waals surface area (Å²) in [6.45, 7) is 0. The molecule has 3 nitrogen and oxygen atoms in total. The molecule has 0 aliphatic carbocycles. The fourth-order valence-corrected chi connectivity index (χ4v) is 3.98. The van der Waals surface area contributed by atoms with Crippen LogP contribution in [0.3, 0.4) is 0 Å². The predicted molar refractivity (Wildman–Crippen MR) is 102 cm³/mol. The first-order valence-electron chi connectivity index (χ1n) is 8.14. The minimum atomic E-state index is 0.620. The van der Waals surface area contributed by atoms with Gasteiger partial charge >= 0.3 is 0 Å². The van der Waals surface area contributed by atoms with Crippen molar-refractivity contribution in [3.8, 4) is 11.1 Å². The smallest absolute Gasteiger partial charge is 0.202 e. The van der Waals surface area contributed by atoms with Crippen LogP contribution in [0.2, 0.25) is 0 Å². The lowest BCUT2D eigenvalue weighted by Gasteiger charge is -2.00. The normalized spacial score (nSPS) is 11.4. The van der Waals surface area contributed by atoms with Gasteiger partial charge in [0.15, 0.2) is 5.58 Å². The molecule has 25 heavy (non-hydrogen) atoms. The molecule has 0 spiro atoms. The highest BCUT2D eigenvalue weighted by Gasteiger charge is 2.11. The van der Waals surface area contributed by atoms with Crippen LogP contribution in [0.1, 0.15) is 10.9 Å². The summed E-state index contributed by atoms with van der Waals surface area (Å²) < 4.78 is 7.00. The van der Waals surface area contributed by atoms with Crippen molar-refractivity contribution in [1.29, 1.82) is 0 Å². The van der Waals surface area contributed by atoms with E-state index in [4.69, 9.17) is 9.40 Å². The molecule has 3 aromatic carbocycles. The van der Waals surface area contributed by atoms with E-state index in [0.717, 1.165) is 21.6 Å². The molecule has 0 unspecified atom stereocenters. The van der Waals surface area contributed by atoms with Crippen LogP contribution in [0, 0.1) is 0 Å². The van der Waals surface area contributed by atoms with E-state index in [1.165, 1.54) is 15.8 Å². The number of rotatable bonds is 3. The van der Waals surface area contributed by atoms with Crippen molar-refractivity contribution in [2.75, 3.05) is 0 Å². The molecule has 2 aromatic heterocycles. The van der Waals surface area contributed by atoms with Gasteiger partial charge in [-0.3, -0.25) is 0 Å². The van der Waals surface area contributed by atoms with E-state index in [9.17, 15) is 0 Å². The van der Waals surface area contributed by atoms with E-state index in [1.807, 2.05) is 30.3 Å². The molecule has 0 bridgehead atoms. The zero-order valence-electron chi connectivity index (χ0n) is 13.3. The van der Waals surface area contributed by atoms with Crippen LogP contribution >= 0.6 is 11.3 Å². The average molecular weight is 342 g/mol. The van der Waals surface area contributed by atoms with E-state index in [0.29, 0.717) is 12.3 Å². The van der Waals surface area contributed by atoms with E-state index < -0.39 is 0 Å². The number of nitrogens with zero attached hydrogens (tertiary/aromatic N) is 2. The molecular weight excluding hydrogens is 328 g/mol. The van der Waals surface area contributed by atoms with E-state index in [1.54, 1.807) is 11.3 Å². The second-order valence-electron chi connectivity index (χ2n) is 5.91. The van der Waals surface area contributed by atoms with Gasteiger partial charge in [0.25, 0.3) is 0 Å². The summed E-state index contributed by atoms with van der Waals surface area (Å²) in [5.41, 5.74) is 5.18. The van der Waals surface area contributed by atoms with Crippen LogP contribution in [0.4, 0.5) is 0 Å². The zero-order valence-corrected chi connectivity index (χ0v) is 14.2. The lowest BCUT2D eigenvalue weighted by atomic mass is 10.1. The van der Waals surface area contributed by atoms with Crippen molar-refractivity contribution in [2.24, 2.45) is 0 Å². The Hall–Kier alpha value is -2.98. The molecule has 0 fully saturated rings. The molecule has 5 aromatic rings. The van der Waals surface area contributed by atoms with Gasteiger partial charge in [-0.25, -0.2) is 9.97 Å². The summed E-state index contributed by atoms with van der Waals surface area (Å²) in [5, 5.41) is 1.02. The third-order valence-corrected chi connectivity index (χ3v) is 5.20. The van der Waals surface area contributed by atoms with Gasteiger partial charge in [-0.2, -0.15) is 0 Å². The number of benzene rings is 3. The Morgan fingerprint density at radius 3 is 2.48 bits per heavy atom. The maximum Gasteiger partial charge on any atom is 0.202 e. The first-order chi connectivity index (χ1) is 12.3. The Bertz CT molecular complexity index is 1140. The second kappa shape index (κ2) is 5.83. The maximum absolute atomic E-state index is 5.82. The standard InChI is InChI=1S/C21H14N2OS/c1-2-6-14(7-3-1)15-10-11-17-19(12-15)25-21(23-17)13-20-22-16-8-4-5-9-18(16)24-20/h1-12H,13H2. The molecule has 120 valence electrons. The number of fused-ring (bicyclic) bond motifs is 2. The molecule has 0 saturated heterocycles. The van der Waals surface area contributed by atoms with Crippen LogP contribution in [-0.2, 0) is 6.42 Å². The van der Waals surface area contributed by atoms with Crippen LogP contribution in [0.25, 0.3) is 32.4 Å². The lowest BCUT2D eigenvalue weighted by Crippen LogP contribution is -1.86. The molecule has 0 aliphatic heterocycles. The van der Waals surface area contributed by atoms with Gasteiger partial charge < -0.3 is 4.42 Å². The number of thiazole rings is 1. The molecule has 0 radical (unpaired) electrons. The van der Waals surface area contributed by atoms with Crippen molar-refractivity contribution >= 4 is 32.7 Å². The second-order valence-corrected chi connectivity index (χ2v) is 7.02. The van der Waals surface area contributed by atoms with Crippen LogP contribution in [0.15, 0.2) is 77.2 Å². The highest BCUT2D eigenvalue weighted by molar-refractivity contribution is 7.18. The molecule has 5 rings (SSSR count). The van der Waals surface area contributed by atoms with E-state index >= 15 is 0 Å². The Labute approximate surface area is 148 Å². The van der Waals surface area contributed by atoms with Crippen LogP contribution < -0.4 is 0 Å². The largest absolute Gasteiger partial charge is 0.440 e. The van der Waals surface area contributed by atoms with Crippen LogP contribution in [0.5, 0.6) is 0 Å². The Balaban J connectivity index is 1.49. The summed E-state index contributed by atoms with van der Waals surface area (Å²) in [4.78, 5) is 9.27. The average Bonchev–Trinajstić information content (AvgIpc) is 3.24. The Kier molecular flexibility index (Phi) is 3.35. The number of para-hydroxylation sites is 2. The minimum Gasteiger partial charge on any atom is -0.440 e. The molecule has 0 aliphatic rings. The summed E-state index contributed by atoms with van der Waals surface area (Å²) >= 11 is 1.70. The van der Waals surface area contributed by atoms with E-state index in [2.05, 4.69) is 47.4 Å². The zero-order chi connectivity index (χ0) is 16.6. The summed E-state index contributed by atoms with van der Waals surface area (Å²) in [6, 6.07) is 24.7. The molecule has 0 N–H and O–H groups in total. The van der Waals surface area contributed by atoms with Gasteiger partial charge in [0.1, 0.15) is 10.5 Å². The number of hydrogen-bond acceptors (Lipinski definition) is 4. The summed E-state index contributed by atoms with van der Waals surface area (Å²) in [6.07, 6.45) is 0.620. The monoisotopic (exact) mass is 342 g/mol. The van der Waals surface area contributed by atoms with Crippen molar-refractivity contribution < 1.29 is 4.42 Å². The van der Waals surface area contributed by atoms with Crippen molar-refractivity contribution in [3.05, 3.63) is 83.7 Å². The third kappa shape index (κ3) is 2.71.